The van der Waals surface area contributed by atoms with E-state index in [2.05, 4.69) is 20.6 Å². The van der Waals surface area contributed by atoms with E-state index in [0.29, 0.717) is 84.0 Å². The van der Waals surface area contributed by atoms with Gasteiger partial charge in [0, 0.05) is 86.7 Å². The first-order valence-electron chi connectivity index (χ1n) is 22.0. The summed E-state index contributed by atoms with van der Waals surface area (Å²) in [5.41, 5.74) is 7.11. The third kappa shape index (κ3) is 15.7. The molecule has 2 aromatic carbocycles. The van der Waals surface area contributed by atoms with Gasteiger partial charge in [-0.15, -0.1) is 0 Å². The van der Waals surface area contributed by atoms with Crippen molar-refractivity contribution in [2.24, 2.45) is 11.5 Å². The van der Waals surface area contributed by atoms with E-state index in [1.165, 1.54) is 0 Å². The van der Waals surface area contributed by atoms with E-state index in [0.717, 1.165) is 36.7 Å². The van der Waals surface area contributed by atoms with Gasteiger partial charge in [-0.3, -0.25) is 29.4 Å². The fourth-order valence-electron chi connectivity index (χ4n) is 7.86. The van der Waals surface area contributed by atoms with Gasteiger partial charge in [0.05, 0.1) is 17.0 Å². The largest absolute Gasteiger partial charge is 0.488 e. The van der Waals surface area contributed by atoms with Crippen molar-refractivity contribution in [2.75, 3.05) is 26.2 Å². The number of aromatic nitrogens is 2. The quantitative estimate of drug-likeness (QED) is 0.0194. The lowest BCUT2D eigenvalue weighted by molar-refractivity contribution is -0.138. The van der Waals surface area contributed by atoms with Crippen LogP contribution >= 0.6 is 0 Å². The van der Waals surface area contributed by atoms with Crippen LogP contribution in [-0.4, -0.2) is 83.2 Å². The molecule has 0 bridgehead atoms. The number of Topliss-reactive ketones (excluding diaryl/α,β-unsaturated/α-hetero) is 4. The number of carbonyl (C=O) groups is 5. The molecular formula is C46H55F6N7O7. The molecule has 0 spiro atoms. The number of rotatable bonds is 26. The predicted molar refractivity (Wildman–Crippen MR) is 229 cm³/mol. The zero-order chi connectivity index (χ0) is 48.0. The Morgan fingerprint density at radius 2 is 0.985 bits per heavy atom. The van der Waals surface area contributed by atoms with Gasteiger partial charge in [-0.25, -0.2) is 9.97 Å². The molecule has 3 aromatic rings. The van der Waals surface area contributed by atoms with Gasteiger partial charge in [0.25, 0.3) is 0 Å². The van der Waals surface area contributed by atoms with Gasteiger partial charge >= 0.3 is 12.4 Å². The van der Waals surface area contributed by atoms with Crippen molar-refractivity contribution in [3.63, 3.8) is 0 Å². The molecule has 0 unspecified atom stereocenters. The van der Waals surface area contributed by atoms with Gasteiger partial charge in [-0.1, -0.05) is 12.8 Å². The Morgan fingerprint density at radius 1 is 0.591 bits per heavy atom. The number of benzene rings is 2. The standard InChI is InChI=1S/C46H55F6N7O7/c47-45(48,49)31-15-27(19-33(60)7-3-1-5-9-41(53)54)43(65-35-11-13-56-24-35)29(17-31)21-39(62)37-23-38(59-26-58-37)40(63)22-30-18-32(46(50,51)52)16-28(44(30)66-36-12-14-57-25-36)20-34(61)8-4-2-6-10-42(55)64/h15-18,23,26,35-36,56-57H,1-14,19-22,24-25H2,(H3,53,54)(H2,55,64)/t35-,36-/m0/s1. The van der Waals surface area contributed by atoms with Crippen LogP contribution < -0.4 is 31.6 Å². The summed E-state index contributed by atoms with van der Waals surface area (Å²) in [4.78, 5) is 73.1. The zero-order valence-corrected chi connectivity index (χ0v) is 36.4. The summed E-state index contributed by atoms with van der Waals surface area (Å²) in [5.74, 6) is -3.01. The predicted octanol–water partition coefficient (Wildman–Crippen LogP) is 6.39. The highest BCUT2D eigenvalue weighted by Gasteiger charge is 2.36. The molecule has 2 fully saturated rings. The van der Waals surface area contributed by atoms with Gasteiger partial charge in [0.2, 0.25) is 5.91 Å². The molecule has 0 saturated carbocycles. The minimum Gasteiger partial charge on any atom is -0.488 e. The van der Waals surface area contributed by atoms with E-state index < -0.39 is 78.8 Å². The third-order valence-electron chi connectivity index (χ3n) is 11.2. The number of ketones is 4. The molecule has 358 valence electrons. The second-order valence-corrected chi connectivity index (χ2v) is 16.7. The van der Waals surface area contributed by atoms with Crippen LogP contribution in [-0.2, 0) is 52.4 Å². The van der Waals surface area contributed by atoms with Gasteiger partial charge in [0.15, 0.2) is 11.6 Å². The van der Waals surface area contributed by atoms with Crippen LogP contribution in [0, 0.1) is 5.41 Å². The normalized spacial score (nSPS) is 16.3. The number of amidine groups is 1. The highest BCUT2D eigenvalue weighted by atomic mass is 19.4. The molecule has 2 atom stereocenters. The molecule has 2 saturated heterocycles. The molecule has 2 aliphatic heterocycles. The maximum atomic E-state index is 14.4. The number of nitrogens with two attached hydrogens (primary N) is 2. The van der Waals surface area contributed by atoms with Crippen LogP contribution in [0.2, 0.25) is 0 Å². The lowest BCUT2D eigenvalue weighted by Gasteiger charge is -2.22. The molecule has 0 radical (unpaired) electrons. The molecular weight excluding hydrogens is 877 g/mol. The summed E-state index contributed by atoms with van der Waals surface area (Å²) in [7, 11) is 0. The molecule has 0 aliphatic carbocycles. The molecule has 5 rings (SSSR count). The first-order valence-corrected chi connectivity index (χ1v) is 22.0. The van der Waals surface area contributed by atoms with Crippen molar-refractivity contribution >= 4 is 34.9 Å². The highest BCUT2D eigenvalue weighted by Crippen LogP contribution is 2.39. The van der Waals surface area contributed by atoms with E-state index in [9.17, 15) is 50.3 Å². The van der Waals surface area contributed by atoms with Gasteiger partial charge in [0.1, 0.15) is 53.0 Å². The molecule has 3 heterocycles. The number of halogens is 6. The Morgan fingerprint density at radius 3 is 1.35 bits per heavy atom. The Hall–Kier alpha value is -5.76. The highest BCUT2D eigenvalue weighted by molar-refractivity contribution is 6.01. The van der Waals surface area contributed by atoms with Crippen LogP contribution in [0.25, 0.3) is 0 Å². The van der Waals surface area contributed by atoms with Crippen molar-refractivity contribution in [1.29, 1.82) is 5.41 Å². The van der Waals surface area contributed by atoms with Crippen LogP contribution in [0.4, 0.5) is 26.3 Å². The minimum absolute atomic E-state index is 0.00964. The second-order valence-electron chi connectivity index (χ2n) is 16.7. The summed E-state index contributed by atoms with van der Waals surface area (Å²) >= 11 is 0. The molecule has 14 nitrogen and oxygen atoms in total. The molecule has 20 heteroatoms. The van der Waals surface area contributed by atoms with Crippen molar-refractivity contribution in [3.05, 3.63) is 81.4 Å². The molecule has 1 aromatic heterocycles. The van der Waals surface area contributed by atoms with E-state index >= 15 is 0 Å². The monoisotopic (exact) mass is 931 g/mol. The van der Waals surface area contributed by atoms with Gasteiger partial charge in [-0.2, -0.15) is 26.3 Å². The van der Waals surface area contributed by atoms with Crippen LogP contribution in [0.5, 0.6) is 11.5 Å². The number of alkyl halides is 6. The fourth-order valence-corrected chi connectivity index (χ4v) is 7.86. The number of ether oxygens (including phenoxy) is 2. The summed E-state index contributed by atoms with van der Waals surface area (Å²) in [5, 5.41) is 13.6. The summed E-state index contributed by atoms with van der Waals surface area (Å²) in [6, 6.07) is 4.22. The first kappa shape index (κ1) is 51.2. The van der Waals surface area contributed by atoms with Crippen LogP contribution in [0.1, 0.15) is 131 Å². The number of hydrogen-bond acceptors (Lipinski definition) is 12. The zero-order valence-electron chi connectivity index (χ0n) is 36.4. The maximum Gasteiger partial charge on any atom is 0.416 e. The molecule has 2 aliphatic rings. The summed E-state index contributed by atoms with van der Waals surface area (Å²) in [6.07, 6.45) is -7.61. The van der Waals surface area contributed by atoms with Crippen molar-refractivity contribution in [1.82, 2.24) is 20.6 Å². The van der Waals surface area contributed by atoms with E-state index in [-0.39, 0.29) is 81.8 Å². The van der Waals surface area contributed by atoms with Crippen molar-refractivity contribution in [2.45, 2.75) is 127 Å². The SMILES string of the molecule is N=C(N)CCCCCC(=O)Cc1cc(C(F)(F)F)cc(CC(=O)c2cc(C(=O)Cc3cc(C(F)(F)F)cc(CC(=O)CCCCCC(N)=O)c3O[C@H]3CCNC3)ncn2)c1O[C@H]1CCNC1. The number of unbranched alkanes of at least 4 members (excludes halogenated alkanes) is 4. The number of nitrogens with one attached hydrogen (secondary N) is 3. The number of amides is 1. The number of carbonyl (C=O) groups excluding carboxylic acids is 5. The smallest absolute Gasteiger partial charge is 0.416 e. The maximum absolute atomic E-state index is 14.4. The van der Waals surface area contributed by atoms with Crippen molar-refractivity contribution in [3.8, 4) is 11.5 Å². The van der Waals surface area contributed by atoms with E-state index in [1.807, 2.05) is 0 Å². The van der Waals surface area contributed by atoms with Gasteiger partial charge < -0.3 is 31.6 Å². The Kier molecular flexibility index (Phi) is 18.3. The number of hydrogen-bond donors (Lipinski definition) is 5. The Balaban J connectivity index is 1.42. The van der Waals surface area contributed by atoms with E-state index in [4.69, 9.17) is 26.4 Å². The van der Waals surface area contributed by atoms with Crippen LogP contribution in [0.15, 0.2) is 36.7 Å². The fraction of sp³-hybridized carbons (Fsp3) is 0.522. The summed E-state index contributed by atoms with van der Waals surface area (Å²) < 4.78 is 98.6. The number of nitrogens with zero attached hydrogens (tertiary/aromatic N) is 2. The summed E-state index contributed by atoms with van der Waals surface area (Å²) in [6.45, 7) is 1.85. The van der Waals surface area contributed by atoms with Crippen molar-refractivity contribution < 1.29 is 59.8 Å². The Labute approximate surface area is 377 Å². The first-order chi connectivity index (χ1) is 31.3. The average Bonchev–Trinajstić information content (AvgIpc) is 3.97. The van der Waals surface area contributed by atoms with Gasteiger partial charge in [-0.05, 0) is 81.9 Å². The molecule has 7 N–H and O–H groups in total. The van der Waals surface area contributed by atoms with Crippen LogP contribution in [0.3, 0.4) is 0 Å². The lowest BCUT2D eigenvalue weighted by atomic mass is 9.94. The molecule has 1 amide bonds. The topological polar surface area (TPSA) is 230 Å². The molecule has 66 heavy (non-hydrogen) atoms. The second kappa shape index (κ2) is 23.6. The lowest BCUT2D eigenvalue weighted by Crippen LogP contribution is -2.23. The average molecular weight is 932 g/mol. The van der Waals surface area contributed by atoms with E-state index in [1.54, 1.807) is 0 Å². The Bertz CT molecular complexity index is 2090. The third-order valence-corrected chi connectivity index (χ3v) is 11.2. The minimum atomic E-state index is -4.88. The number of primary amides is 1.